The fourth-order valence-electron chi connectivity index (χ4n) is 4.87. The molecule has 2 N–H and O–H groups in total. The number of methoxy groups -OCH3 is 1. The molecule has 1 saturated heterocycles. The van der Waals surface area contributed by atoms with E-state index in [4.69, 9.17) is 15.2 Å². The molecule has 1 aromatic carbocycles. The minimum atomic E-state index is -4.80. The Morgan fingerprint density at radius 3 is 2.67 bits per heavy atom. The number of amides is 1. The van der Waals surface area contributed by atoms with Gasteiger partial charge in [-0.05, 0) is 31.6 Å². The van der Waals surface area contributed by atoms with Crippen molar-refractivity contribution in [3.63, 3.8) is 0 Å². The number of nitrogens with zero attached hydrogens (tertiary/aromatic N) is 4. The van der Waals surface area contributed by atoms with Gasteiger partial charge in [0.1, 0.15) is 5.82 Å². The summed E-state index contributed by atoms with van der Waals surface area (Å²) in [4.78, 5) is 24.5. The number of alkyl halides is 3. The Bertz CT molecular complexity index is 1200. The average molecular weight is 510 g/mol. The van der Waals surface area contributed by atoms with E-state index in [0.29, 0.717) is 36.7 Å². The zero-order valence-electron chi connectivity index (χ0n) is 20.2. The van der Waals surface area contributed by atoms with Crippen LogP contribution in [0.25, 0.3) is 0 Å². The number of carbonyl (C=O) groups is 1. The van der Waals surface area contributed by atoms with Crippen LogP contribution in [0.1, 0.15) is 41.0 Å². The van der Waals surface area contributed by atoms with E-state index in [9.17, 15) is 18.0 Å². The van der Waals surface area contributed by atoms with E-state index in [-0.39, 0.29) is 42.2 Å². The third kappa shape index (κ3) is 4.57. The third-order valence-corrected chi connectivity index (χ3v) is 6.56. The highest BCUT2D eigenvalue weighted by Gasteiger charge is 2.42. The highest BCUT2D eigenvalue weighted by atomic mass is 19.4. The lowest BCUT2D eigenvalue weighted by atomic mass is 9.91. The van der Waals surface area contributed by atoms with E-state index < -0.39 is 29.2 Å². The van der Waals surface area contributed by atoms with Crippen molar-refractivity contribution in [2.75, 3.05) is 37.4 Å². The van der Waals surface area contributed by atoms with Crippen LogP contribution < -0.4 is 15.4 Å². The standard InChI is InChI=1S/C24H27F4N5O3/c1-5-18(34)32-6-7-33(13(3)10-32)22-14-11-36-17(9-16(14)30-23(31-22)35-4)19-20(24(26,27)28)12(2)8-15(29)21(19)25/h5,8,13,17H,1,6-7,9-11,29H2,2-4H3/t13-,17?/m1/s1. The van der Waals surface area contributed by atoms with Gasteiger partial charge in [0.25, 0.3) is 0 Å². The maximum atomic E-state index is 15.0. The van der Waals surface area contributed by atoms with Crippen LogP contribution in [-0.2, 0) is 28.7 Å². The lowest BCUT2D eigenvalue weighted by molar-refractivity contribution is -0.140. The molecule has 36 heavy (non-hydrogen) atoms. The van der Waals surface area contributed by atoms with Crippen LogP contribution in [0.2, 0.25) is 0 Å². The first kappa shape index (κ1) is 25.7. The van der Waals surface area contributed by atoms with E-state index in [1.165, 1.54) is 20.1 Å². The van der Waals surface area contributed by atoms with Gasteiger partial charge in [-0.2, -0.15) is 23.1 Å². The second-order valence-corrected chi connectivity index (χ2v) is 8.88. The zero-order chi connectivity index (χ0) is 26.4. The number of benzene rings is 1. The van der Waals surface area contributed by atoms with Crippen LogP contribution in [0.15, 0.2) is 18.7 Å². The van der Waals surface area contributed by atoms with Crippen LogP contribution in [-0.4, -0.2) is 53.6 Å². The molecule has 194 valence electrons. The van der Waals surface area contributed by atoms with Gasteiger partial charge in [-0.15, -0.1) is 0 Å². The summed E-state index contributed by atoms with van der Waals surface area (Å²) in [6.45, 7) is 7.87. The Morgan fingerprint density at radius 2 is 2.06 bits per heavy atom. The Labute approximate surface area is 205 Å². The van der Waals surface area contributed by atoms with Gasteiger partial charge in [0.2, 0.25) is 5.91 Å². The maximum absolute atomic E-state index is 15.0. The van der Waals surface area contributed by atoms with E-state index in [1.807, 2.05) is 11.8 Å². The lowest BCUT2D eigenvalue weighted by Gasteiger charge is -2.41. The fourth-order valence-corrected chi connectivity index (χ4v) is 4.87. The first-order chi connectivity index (χ1) is 17.0. The number of aromatic nitrogens is 2. The maximum Gasteiger partial charge on any atom is 0.417 e. The quantitative estimate of drug-likeness (QED) is 0.383. The zero-order valence-corrected chi connectivity index (χ0v) is 20.2. The number of halogens is 4. The van der Waals surface area contributed by atoms with Crippen molar-refractivity contribution >= 4 is 17.4 Å². The molecule has 1 amide bonds. The number of rotatable bonds is 4. The molecule has 2 aromatic rings. The second kappa shape index (κ2) is 9.57. The predicted molar refractivity (Wildman–Crippen MR) is 124 cm³/mol. The van der Waals surface area contributed by atoms with Crippen molar-refractivity contribution in [3.8, 4) is 6.01 Å². The molecule has 3 heterocycles. The fraction of sp³-hybridized carbons (Fsp3) is 0.458. The number of aryl methyl sites for hydroxylation is 1. The molecule has 0 radical (unpaired) electrons. The molecule has 1 fully saturated rings. The molecule has 0 bridgehead atoms. The highest BCUT2D eigenvalue weighted by molar-refractivity contribution is 5.87. The van der Waals surface area contributed by atoms with Gasteiger partial charge in [0, 0.05) is 43.2 Å². The van der Waals surface area contributed by atoms with Crippen molar-refractivity contribution < 1.29 is 31.8 Å². The van der Waals surface area contributed by atoms with E-state index in [2.05, 4.69) is 16.5 Å². The predicted octanol–water partition coefficient (Wildman–Crippen LogP) is 3.57. The molecule has 4 rings (SSSR count). The number of anilines is 2. The number of nitrogen functional groups attached to an aromatic ring is 1. The molecule has 0 saturated carbocycles. The number of ether oxygens (including phenoxy) is 2. The van der Waals surface area contributed by atoms with Gasteiger partial charge >= 0.3 is 12.2 Å². The molecule has 2 aliphatic heterocycles. The third-order valence-electron chi connectivity index (χ3n) is 6.56. The number of hydrogen-bond acceptors (Lipinski definition) is 7. The van der Waals surface area contributed by atoms with Crippen molar-refractivity contribution in [3.05, 3.63) is 52.5 Å². The number of fused-ring (bicyclic) bond motifs is 1. The van der Waals surface area contributed by atoms with Crippen molar-refractivity contribution in [2.45, 2.75) is 45.2 Å². The molecule has 12 heteroatoms. The summed E-state index contributed by atoms with van der Waals surface area (Å²) in [6, 6.07) is 0.872. The summed E-state index contributed by atoms with van der Waals surface area (Å²) in [5, 5.41) is 0. The largest absolute Gasteiger partial charge is 0.467 e. The smallest absolute Gasteiger partial charge is 0.417 e. The average Bonchev–Trinajstić information content (AvgIpc) is 2.83. The van der Waals surface area contributed by atoms with Crippen LogP contribution in [0.5, 0.6) is 6.01 Å². The summed E-state index contributed by atoms with van der Waals surface area (Å²) in [5.74, 6) is -0.817. The van der Waals surface area contributed by atoms with E-state index >= 15 is 4.39 Å². The van der Waals surface area contributed by atoms with Crippen molar-refractivity contribution in [2.24, 2.45) is 0 Å². The summed E-state index contributed by atoms with van der Waals surface area (Å²) in [5.41, 5.74) is 4.36. The van der Waals surface area contributed by atoms with Gasteiger partial charge in [0.15, 0.2) is 5.82 Å². The normalized spacial score (nSPS) is 20.2. The minimum absolute atomic E-state index is 0.0291. The molecule has 0 aliphatic carbocycles. The second-order valence-electron chi connectivity index (χ2n) is 8.88. The first-order valence-electron chi connectivity index (χ1n) is 11.3. The van der Waals surface area contributed by atoms with Crippen molar-refractivity contribution in [1.29, 1.82) is 0 Å². The highest BCUT2D eigenvalue weighted by Crippen LogP contribution is 2.44. The van der Waals surface area contributed by atoms with Gasteiger partial charge in [-0.1, -0.05) is 6.58 Å². The van der Waals surface area contributed by atoms with E-state index in [1.54, 1.807) is 4.90 Å². The topological polar surface area (TPSA) is 93.8 Å². The number of carbonyl (C=O) groups excluding carboxylic acids is 1. The van der Waals surface area contributed by atoms with Gasteiger partial charge in [-0.25, -0.2) is 4.39 Å². The molecular weight excluding hydrogens is 482 g/mol. The number of piperazine rings is 1. The number of hydrogen-bond donors (Lipinski definition) is 1. The summed E-state index contributed by atoms with van der Waals surface area (Å²) in [7, 11) is 1.38. The Balaban J connectivity index is 1.73. The van der Waals surface area contributed by atoms with Crippen LogP contribution >= 0.6 is 0 Å². The first-order valence-corrected chi connectivity index (χ1v) is 11.3. The Kier molecular flexibility index (Phi) is 6.82. The summed E-state index contributed by atoms with van der Waals surface area (Å²) < 4.78 is 67.8. The molecule has 2 aliphatic rings. The molecule has 8 nitrogen and oxygen atoms in total. The molecule has 1 unspecified atom stereocenters. The molecular formula is C24H27F4N5O3. The molecule has 1 aromatic heterocycles. The Morgan fingerprint density at radius 1 is 1.33 bits per heavy atom. The van der Waals surface area contributed by atoms with Gasteiger partial charge in [-0.3, -0.25) is 4.79 Å². The number of nitrogens with two attached hydrogens (primary N) is 1. The molecule has 0 spiro atoms. The SMILES string of the molecule is C=CC(=O)N1CCN(c2nc(OC)nc3c2COC(c2c(F)c(N)cc(C)c2C(F)(F)F)C3)[C@H](C)C1. The van der Waals surface area contributed by atoms with Crippen LogP contribution in [0, 0.1) is 12.7 Å². The minimum Gasteiger partial charge on any atom is -0.467 e. The summed E-state index contributed by atoms with van der Waals surface area (Å²) in [6.07, 6.45) is -4.93. The molecule has 2 atom stereocenters. The van der Waals surface area contributed by atoms with Gasteiger partial charge < -0.3 is 25.0 Å². The Hall–Kier alpha value is -3.41. The van der Waals surface area contributed by atoms with Crippen LogP contribution in [0.4, 0.5) is 29.1 Å². The van der Waals surface area contributed by atoms with Gasteiger partial charge in [0.05, 0.1) is 36.8 Å². The monoisotopic (exact) mass is 509 g/mol. The van der Waals surface area contributed by atoms with Crippen LogP contribution in [0.3, 0.4) is 0 Å². The van der Waals surface area contributed by atoms with Crippen molar-refractivity contribution in [1.82, 2.24) is 14.9 Å². The lowest BCUT2D eigenvalue weighted by Crippen LogP contribution is -2.54. The van der Waals surface area contributed by atoms with E-state index in [0.717, 1.165) is 6.07 Å². The summed E-state index contributed by atoms with van der Waals surface area (Å²) >= 11 is 0.